The lowest BCUT2D eigenvalue weighted by Gasteiger charge is -2.28. The van der Waals surface area contributed by atoms with Crippen molar-refractivity contribution in [3.8, 4) is 0 Å². The summed E-state index contributed by atoms with van der Waals surface area (Å²) >= 11 is 1.45. The lowest BCUT2D eigenvalue weighted by atomic mass is 9.99. The van der Waals surface area contributed by atoms with Crippen molar-refractivity contribution in [1.82, 2.24) is 5.32 Å². The van der Waals surface area contributed by atoms with Crippen molar-refractivity contribution < 1.29 is 29.6 Å². The fraction of sp³-hybridized carbons (Fsp3) is 0.565. The number of rotatable bonds is 8. The van der Waals surface area contributed by atoms with E-state index in [-0.39, 0.29) is 5.91 Å². The third-order valence-electron chi connectivity index (χ3n) is 6.08. The Bertz CT molecular complexity index is 828. The number of aliphatic hydroxyl groups excluding tert-OH is 3. The zero-order valence-electron chi connectivity index (χ0n) is 18.4. The molecule has 1 fully saturated rings. The summed E-state index contributed by atoms with van der Waals surface area (Å²) < 4.78 is 5.13. The number of benzene rings is 1. The van der Waals surface area contributed by atoms with E-state index in [9.17, 15) is 24.9 Å². The van der Waals surface area contributed by atoms with Crippen molar-refractivity contribution in [2.75, 3.05) is 24.8 Å². The van der Waals surface area contributed by atoms with E-state index in [4.69, 9.17) is 4.74 Å². The summed E-state index contributed by atoms with van der Waals surface area (Å²) in [5.74, 6) is -0.353. The molecule has 2 aliphatic rings. The Morgan fingerprint density at radius 3 is 2.59 bits per heavy atom. The Kier molecular flexibility index (Phi) is 8.72. The number of allylic oxidation sites excluding steroid dienone is 1. The van der Waals surface area contributed by atoms with Gasteiger partial charge in [-0.3, -0.25) is 9.59 Å². The fourth-order valence-electron chi connectivity index (χ4n) is 4.13. The van der Waals surface area contributed by atoms with E-state index in [1.165, 1.54) is 29.8 Å². The second-order valence-corrected chi connectivity index (χ2v) is 9.36. The number of thioether (sulfide) groups is 1. The number of nitrogens with one attached hydrogen (secondary N) is 1. The van der Waals surface area contributed by atoms with Gasteiger partial charge in [0.1, 0.15) is 24.4 Å². The summed E-state index contributed by atoms with van der Waals surface area (Å²) in [5.41, 5.74) is 0.759. The van der Waals surface area contributed by atoms with Crippen LogP contribution < -0.4 is 10.2 Å². The molecule has 176 valence electrons. The molecule has 1 aliphatic carbocycles. The first-order valence-corrected chi connectivity index (χ1v) is 11.9. The van der Waals surface area contributed by atoms with Gasteiger partial charge in [0.15, 0.2) is 6.10 Å². The Hall–Kier alpha value is -1.91. The minimum atomic E-state index is -1.67. The van der Waals surface area contributed by atoms with Crippen LogP contribution in [0.1, 0.15) is 25.7 Å². The van der Waals surface area contributed by atoms with Gasteiger partial charge in [0.05, 0.1) is 5.69 Å². The highest BCUT2D eigenvalue weighted by atomic mass is 32.2. The fourth-order valence-corrected chi connectivity index (χ4v) is 5.23. The van der Waals surface area contributed by atoms with E-state index in [1.807, 2.05) is 30.3 Å². The Balaban J connectivity index is 1.62. The van der Waals surface area contributed by atoms with Crippen molar-refractivity contribution >= 4 is 29.3 Å². The standard InChI is InChI=1S/C23H32N2O6S/c1-25-16-9-5-6-10-18(16)32-13-15(23(25)30)24-22(29)21(31-2)20(28)19(27)17(26)12-11-14-7-3-4-8-14/h5-6,9-12,14-15,17,19-21,26-28H,3-4,7-8,13H2,1-2H3,(H,24,29)/b12-11+/t15?,17-,19+,20-,21-/m1/s1. The molecule has 4 N–H and O–H groups in total. The molecule has 1 saturated carbocycles. The van der Waals surface area contributed by atoms with Gasteiger partial charge >= 0.3 is 0 Å². The number of aliphatic hydroxyl groups is 3. The quantitative estimate of drug-likeness (QED) is 0.425. The van der Waals surface area contributed by atoms with E-state index in [0.717, 1.165) is 36.3 Å². The predicted molar refractivity (Wildman–Crippen MR) is 122 cm³/mol. The van der Waals surface area contributed by atoms with Crippen molar-refractivity contribution in [2.24, 2.45) is 5.92 Å². The summed E-state index contributed by atoms with van der Waals surface area (Å²) in [6, 6.07) is 6.64. The molecule has 1 unspecified atom stereocenters. The number of para-hydroxylation sites is 1. The molecular weight excluding hydrogens is 432 g/mol. The zero-order chi connectivity index (χ0) is 23.3. The predicted octanol–water partition coefficient (Wildman–Crippen LogP) is 1.08. The van der Waals surface area contributed by atoms with Gasteiger partial charge in [0.2, 0.25) is 5.91 Å². The third kappa shape index (κ3) is 5.71. The second-order valence-electron chi connectivity index (χ2n) is 8.29. The molecule has 9 heteroatoms. The summed E-state index contributed by atoms with van der Waals surface area (Å²) in [7, 11) is 2.87. The van der Waals surface area contributed by atoms with Crippen LogP contribution in [-0.4, -0.2) is 77.5 Å². The van der Waals surface area contributed by atoms with E-state index in [0.29, 0.717) is 11.7 Å². The highest BCUT2D eigenvalue weighted by Crippen LogP contribution is 2.33. The summed E-state index contributed by atoms with van der Waals surface area (Å²) in [5, 5.41) is 33.8. The van der Waals surface area contributed by atoms with Crippen LogP contribution in [0.4, 0.5) is 5.69 Å². The van der Waals surface area contributed by atoms with Crippen LogP contribution in [0.15, 0.2) is 41.3 Å². The second kappa shape index (κ2) is 11.3. The highest BCUT2D eigenvalue weighted by molar-refractivity contribution is 7.99. The number of amides is 2. The first-order valence-electron chi connectivity index (χ1n) is 10.9. The number of nitrogens with zero attached hydrogens (tertiary/aromatic N) is 1. The third-order valence-corrected chi connectivity index (χ3v) is 7.24. The maximum Gasteiger partial charge on any atom is 0.252 e. The lowest BCUT2D eigenvalue weighted by Crippen LogP contribution is -2.56. The van der Waals surface area contributed by atoms with Gasteiger partial charge in [-0.25, -0.2) is 0 Å². The van der Waals surface area contributed by atoms with Crippen LogP contribution in [0.25, 0.3) is 0 Å². The first-order chi connectivity index (χ1) is 15.3. The molecule has 1 heterocycles. The van der Waals surface area contributed by atoms with Crippen molar-refractivity contribution in [3.63, 3.8) is 0 Å². The molecule has 1 aromatic rings. The molecule has 0 radical (unpaired) electrons. The number of carbonyl (C=O) groups excluding carboxylic acids is 2. The Morgan fingerprint density at radius 1 is 1.22 bits per heavy atom. The Morgan fingerprint density at radius 2 is 1.91 bits per heavy atom. The van der Waals surface area contributed by atoms with Crippen molar-refractivity contribution in [1.29, 1.82) is 0 Å². The number of anilines is 1. The van der Waals surface area contributed by atoms with Crippen LogP contribution in [0.5, 0.6) is 0 Å². The lowest BCUT2D eigenvalue weighted by molar-refractivity contribution is -0.150. The number of ether oxygens (including phenoxy) is 1. The molecule has 2 amide bonds. The molecule has 0 spiro atoms. The molecule has 8 nitrogen and oxygen atoms in total. The average molecular weight is 465 g/mol. The molecule has 0 aromatic heterocycles. The number of hydrogen-bond donors (Lipinski definition) is 4. The zero-order valence-corrected chi connectivity index (χ0v) is 19.2. The Labute approximate surface area is 192 Å². The molecule has 1 aliphatic heterocycles. The number of hydrogen-bond acceptors (Lipinski definition) is 7. The van der Waals surface area contributed by atoms with Crippen LogP contribution in [0.2, 0.25) is 0 Å². The van der Waals surface area contributed by atoms with Gasteiger partial charge in [-0.05, 0) is 30.9 Å². The minimum absolute atomic E-state index is 0.291. The van der Waals surface area contributed by atoms with Gasteiger partial charge in [-0.15, -0.1) is 11.8 Å². The SMILES string of the molecule is CO[C@@H](C(=O)NC1CSc2ccccc2N(C)C1=O)[C@H](O)[C@@H](O)[C@H](O)/C=C/C1CCCC1. The van der Waals surface area contributed by atoms with Gasteiger partial charge < -0.3 is 30.3 Å². The topological polar surface area (TPSA) is 119 Å². The van der Waals surface area contributed by atoms with Crippen LogP contribution in [-0.2, 0) is 14.3 Å². The monoisotopic (exact) mass is 464 g/mol. The highest BCUT2D eigenvalue weighted by Gasteiger charge is 2.38. The largest absolute Gasteiger partial charge is 0.387 e. The number of carbonyl (C=O) groups is 2. The smallest absolute Gasteiger partial charge is 0.252 e. The maximum atomic E-state index is 12.9. The molecule has 0 bridgehead atoms. The van der Waals surface area contributed by atoms with Crippen LogP contribution >= 0.6 is 11.8 Å². The molecule has 5 atom stereocenters. The molecule has 1 aromatic carbocycles. The molecular formula is C23H32N2O6S. The molecule has 0 saturated heterocycles. The number of methoxy groups -OCH3 is 1. The minimum Gasteiger partial charge on any atom is -0.387 e. The normalized spacial score (nSPS) is 23.5. The van der Waals surface area contributed by atoms with E-state index < -0.39 is 36.4 Å². The van der Waals surface area contributed by atoms with Gasteiger partial charge in [0, 0.05) is 24.8 Å². The average Bonchev–Trinajstić information content (AvgIpc) is 3.29. The number of likely N-dealkylation sites (N-methyl/N-ethyl adjacent to an activating group) is 1. The maximum absolute atomic E-state index is 12.9. The summed E-state index contributed by atoms with van der Waals surface area (Å²) in [6.07, 6.45) is 1.59. The van der Waals surface area contributed by atoms with Gasteiger partial charge in [-0.2, -0.15) is 0 Å². The van der Waals surface area contributed by atoms with Gasteiger partial charge in [-0.1, -0.05) is 37.1 Å². The van der Waals surface area contributed by atoms with Crippen LogP contribution in [0.3, 0.4) is 0 Å². The first kappa shape index (κ1) is 24.7. The van der Waals surface area contributed by atoms with Crippen molar-refractivity contribution in [2.45, 2.75) is 61.0 Å². The van der Waals surface area contributed by atoms with E-state index in [1.54, 1.807) is 7.05 Å². The summed E-state index contributed by atoms with van der Waals surface area (Å²) in [6.45, 7) is 0. The van der Waals surface area contributed by atoms with Crippen molar-refractivity contribution in [3.05, 3.63) is 36.4 Å². The summed E-state index contributed by atoms with van der Waals surface area (Å²) in [4.78, 5) is 28.1. The van der Waals surface area contributed by atoms with Crippen LogP contribution in [0, 0.1) is 5.92 Å². The molecule has 32 heavy (non-hydrogen) atoms. The van der Waals surface area contributed by atoms with Gasteiger partial charge in [0.25, 0.3) is 5.91 Å². The van der Waals surface area contributed by atoms with E-state index >= 15 is 0 Å². The number of fused-ring (bicyclic) bond motifs is 1. The van der Waals surface area contributed by atoms with E-state index in [2.05, 4.69) is 5.32 Å². The molecule has 3 rings (SSSR count).